The van der Waals surface area contributed by atoms with E-state index in [0.717, 1.165) is 0 Å². The number of rotatable bonds is 0. The number of halogens is 1. The number of aromatic nitrogens is 1. The van der Waals surface area contributed by atoms with E-state index in [1.165, 1.54) is 12.3 Å². The lowest BCUT2D eigenvalue weighted by Crippen LogP contribution is -2.03. The van der Waals surface area contributed by atoms with Gasteiger partial charge >= 0.3 is 0 Å². The van der Waals surface area contributed by atoms with Crippen LogP contribution in [0.25, 0.3) is 0 Å². The zero-order chi connectivity index (χ0) is 6.85. The first-order valence-electron chi connectivity index (χ1n) is 2.27. The van der Waals surface area contributed by atoms with Gasteiger partial charge in [0.15, 0.2) is 0 Å². The maximum Gasteiger partial charge on any atom is 0.266 e. The lowest BCUT2D eigenvalue weighted by Gasteiger charge is -1.88. The van der Waals surface area contributed by atoms with Crippen LogP contribution in [0.1, 0.15) is 0 Å². The van der Waals surface area contributed by atoms with Crippen LogP contribution in [0, 0.1) is 0 Å². The van der Waals surface area contributed by atoms with Crippen LogP contribution in [-0.2, 0) is 0 Å². The zero-order valence-corrected chi connectivity index (χ0v) is 5.14. The Balaban J connectivity index is 3.34. The van der Waals surface area contributed by atoms with Crippen LogP contribution in [-0.4, -0.2) is 10.1 Å². The number of aromatic hydroxyl groups is 1. The third-order valence-electron chi connectivity index (χ3n) is 0.843. The van der Waals surface area contributed by atoms with Gasteiger partial charge in [0.05, 0.1) is 0 Å². The molecule has 0 bridgehead atoms. The van der Waals surface area contributed by atoms with Crippen molar-refractivity contribution in [2.75, 3.05) is 0 Å². The van der Waals surface area contributed by atoms with Gasteiger partial charge in [0.1, 0.15) is 10.8 Å². The summed E-state index contributed by atoms with van der Waals surface area (Å²) in [5.74, 6) is -0.0420. The number of pyridine rings is 1. The van der Waals surface area contributed by atoms with Crippen molar-refractivity contribution in [3.8, 4) is 5.75 Å². The van der Waals surface area contributed by atoms with Crippen molar-refractivity contribution in [2.24, 2.45) is 0 Å². The number of hydrogen-bond acceptors (Lipinski definition) is 2. The van der Waals surface area contributed by atoms with E-state index in [9.17, 15) is 4.79 Å². The van der Waals surface area contributed by atoms with E-state index in [1.807, 2.05) is 0 Å². The number of hydrogen-bond donors (Lipinski definition) is 2. The van der Waals surface area contributed by atoms with Crippen molar-refractivity contribution in [3.05, 3.63) is 27.6 Å². The van der Waals surface area contributed by atoms with Gasteiger partial charge in [-0.25, -0.2) is 0 Å². The topological polar surface area (TPSA) is 53.1 Å². The van der Waals surface area contributed by atoms with E-state index in [4.69, 9.17) is 16.7 Å². The molecule has 9 heavy (non-hydrogen) atoms. The van der Waals surface area contributed by atoms with Crippen molar-refractivity contribution < 1.29 is 5.11 Å². The van der Waals surface area contributed by atoms with Crippen LogP contribution in [0.3, 0.4) is 0 Å². The third kappa shape index (κ3) is 1.23. The van der Waals surface area contributed by atoms with Crippen molar-refractivity contribution in [1.82, 2.24) is 4.98 Å². The molecule has 0 amide bonds. The highest BCUT2D eigenvalue weighted by Gasteiger charge is 1.93. The van der Waals surface area contributed by atoms with Crippen molar-refractivity contribution in [2.45, 2.75) is 0 Å². The van der Waals surface area contributed by atoms with Gasteiger partial charge in [-0.1, -0.05) is 11.6 Å². The highest BCUT2D eigenvalue weighted by Crippen LogP contribution is 2.08. The predicted molar refractivity (Wildman–Crippen MR) is 33.7 cm³/mol. The van der Waals surface area contributed by atoms with E-state index in [-0.39, 0.29) is 10.8 Å². The quantitative estimate of drug-likeness (QED) is 0.566. The first-order chi connectivity index (χ1) is 4.20. The maximum atomic E-state index is 10.5. The summed E-state index contributed by atoms with van der Waals surface area (Å²) < 4.78 is 0. The number of nitrogens with one attached hydrogen (secondary N) is 1. The van der Waals surface area contributed by atoms with Gasteiger partial charge in [0, 0.05) is 12.3 Å². The fourth-order valence-electron chi connectivity index (χ4n) is 0.445. The summed E-state index contributed by atoms with van der Waals surface area (Å²) in [6.45, 7) is 0. The average Bonchev–Trinajstić information content (AvgIpc) is 1.80. The average molecular weight is 146 g/mol. The molecule has 4 heteroatoms. The second-order valence-electron chi connectivity index (χ2n) is 1.53. The molecule has 1 rings (SSSR count). The maximum absolute atomic E-state index is 10.5. The minimum absolute atomic E-state index is 0.00463. The molecule has 0 radical (unpaired) electrons. The van der Waals surface area contributed by atoms with E-state index in [2.05, 4.69) is 4.98 Å². The molecule has 1 aromatic heterocycles. The first kappa shape index (κ1) is 6.16. The molecule has 1 aromatic rings. The van der Waals surface area contributed by atoms with Gasteiger partial charge < -0.3 is 10.1 Å². The largest absolute Gasteiger partial charge is 0.506 e. The minimum Gasteiger partial charge on any atom is -0.506 e. The van der Waals surface area contributed by atoms with E-state index in [0.29, 0.717) is 0 Å². The van der Waals surface area contributed by atoms with E-state index >= 15 is 0 Å². The second-order valence-corrected chi connectivity index (χ2v) is 1.94. The van der Waals surface area contributed by atoms with Crippen LogP contribution in [0.2, 0.25) is 5.02 Å². The van der Waals surface area contributed by atoms with Gasteiger partial charge in [-0.3, -0.25) is 4.79 Å². The molecule has 0 spiro atoms. The Morgan fingerprint density at radius 1 is 1.67 bits per heavy atom. The molecule has 0 aliphatic rings. The molecular weight excluding hydrogens is 142 g/mol. The van der Waals surface area contributed by atoms with Gasteiger partial charge in [-0.05, 0) is 0 Å². The van der Waals surface area contributed by atoms with Gasteiger partial charge in [-0.2, -0.15) is 0 Å². The summed E-state index contributed by atoms with van der Waals surface area (Å²) in [7, 11) is 0. The zero-order valence-electron chi connectivity index (χ0n) is 4.39. The summed E-state index contributed by atoms with van der Waals surface area (Å²) in [6.07, 6.45) is 1.17. The van der Waals surface area contributed by atoms with Gasteiger partial charge in [0.25, 0.3) is 5.56 Å². The molecule has 0 aromatic carbocycles. The van der Waals surface area contributed by atoms with Crippen LogP contribution in [0.5, 0.6) is 5.75 Å². The normalized spacial score (nSPS) is 9.44. The Kier molecular flexibility index (Phi) is 1.44. The molecule has 0 aliphatic carbocycles. The predicted octanol–water partition coefficient (Wildman–Crippen LogP) is 0.734. The molecule has 0 fully saturated rings. The Bertz CT molecular complexity index is 268. The molecule has 0 unspecified atom stereocenters. The van der Waals surface area contributed by atoms with E-state index in [1.54, 1.807) is 0 Å². The number of aromatic amines is 1. The second kappa shape index (κ2) is 2.11. The summed E-state index contributed by atoms with van der Waals surface area (Å²) in [6, 6.07) is 1.18. The van der Waals surface area contributed by atoms with Gasteiger partial charge in [-0.15, -0.1) is 0 Å². The SMILES string of the molecule is O=c1[nH]cc(O)cc1Cl. The van der Waals surface area contributed by atoms with Crippen LogP contribution < -0.4 is 5.56 Å². The summed E-state index contributed by atoms with van der Waals surface area (Å²) in [5, 5.41) is 8.68. The molecular formula is C5H4ClNO2. The van der Waals surface area contributed by atoms with Crippen molar-refractivity contribution in [3.63, 3.8) is 0 Å². The van der Waals surface area contributed by atoms with Crippen molar-refractivity contribution in [1.29, 1.82) is 0 Å². The molecule has 0 aliphatic heterocycles. The highest BCUT2D eigenvalue weighted by molar-refractivity contribution is 6.30. The van der Waals surface area contributed by atoms with Crippen LogP contribution in [0.4, 0.5) is 0 Å². The molecule has 0 saturated carbocycles. The van der Waals surface area contributed by atoms with Gasteiger partial charge in [0.2, 0.25) is 0 Å². The number of H-pyrrole nitrogens is 1. The fourth-order valence-corrected chi connectivity index (χ4v) is 0.612. The molecule has 48 valence electrons. The lowest BCUT2D eigenvalue weighted by molar-refractivity contribution is 0.472. The Hall–Kier alpha value is -0.960. The molecule has 2 N–H and O–H groups in total. The standard InChI is InChI=1S/C5H4ClNO2/c6-4-1-3(8)2-7-5(4)9/h1-2,8H,(H,7,9). The highest BCUT2D eigenvalue weighted by atomic mass is 35.5. The third-order valence-corrected chi connectivity index (χ3v) is 1.12. The fraction of sp³-hybridized carbons (Fsp3) is 0. The summed E-state index contributed by atoms with van der Waals surface area (Å²) >= 11 is 5.31. The Morgan fingerprint density at radius 3 is 2.78 bits per heavy atom. The lowest BCUT2D eigenvalue weighted by atomic mass is 10.5. The smallest absolute Gasteiger partial charge is 0.266 e. The Labute approximate surface area is 55.9 Å². The van der Waals surface area contributed by atoms with E-state index < -0.39 is 5.56 Å². The molecule has 1 heterocycles. The minimum atomic E-state index is -0.394. The summed E-state index contributed by atoms with van der Waals surface area (Å²) in [4.78, 5) is 12.7. The molecule has 0 atom stereocenters. The van der Waals surface area contributed by atoms with Crippen molar-refractivity contribution >= 4 is 11.6 Å². The summed E-state index contributed by atoms with van der Waals surface area (Å²) in [5.41, 5.74) is -0.394. The van der Waals surface area contributed by atoms with Crippen LogP contribution >= 0.6 is 11.6 Å². The Morgan fingerprint density at radius 2 is 2.33 bits per heavy atom. The molecule has 3 nitrogen and oxygen atoms in total. The first-order valence-corrected chi connectivity index (χ1v) is 2.65. The monoisotopic (exact) mass is 145 g/mol. The molecule has 0 saturated heterocycles. The van der Waals surface area contributed by atoms with Crippen LogP contribution in [0.15, 0.2) is 17.1 Å².